The second-order valence-electron chi connectivity index (χ2n) is 7.40. The van der Waals surface area contributed by atoms with Gasteiger partial charge in [-0.15, -0.1) is 0 Å². The van der Waals surface area contributed by atoms with Gasteiger partial charge in [0.05, 0.1) is 18.8 Å². The van der Waals surface area contributed by atoms with Crippen molar-refractivity contribution in [3.8, 4) is 11.3 Å². The van der Waals surface area contributed by atoms with E-state index >= 15 is 0 Å². The normalized spacial score (nSPS) is 11.5. The van der Waals surface area contributed by atoms with Crippen molar-refractivity contribution in [2.75, 3.05) is 13.2 Å². The Bertz CT molecular complexity index is 964. The second kappa shape index (κ2) is 9.89. The number of carbonyl (C=O) groups excluding carboxylic acids is 1. The molecule has 3 N–H and O–H groups in total. The molecule has 0 unspecified atom stereocenters. The van der Waals surface area contributed by atoms with Crippen LogP contribution in [0.4, 0.5) is 0 Å². The number of aryl methyl sites for hydroxylation is 1. The van der Waals surface area contributed by atoms with Crippen molar-refractivity contribution in [3.63, 3.8) is 0 Å². The summed E-state index contributed by atoms with van der Waals surface area (Å²) in [6, 6.07) is 15.4. The van der Waals surface area contributed by atoms with Gasteiger partial charge in [-0.2, -0.15) is 0 Å². The maximum absolute atomic E-state index is 11.4. The Morgan fingerprint density at radius 3 is 2.30 bits per heavy atom. The molecule has 6 nitrogen and oxygen atoms in total. The number of benzene rings is 2. The molecule has 30 heavy (non-hydrogen) atoms. The zero-order chi connectivity index (χ0) is 21.6. The number of hydrogen-bond acceptors (Lipinski definition) is 5. The molecule has 1 aromatic heterocycles. The number of hydrogen-bond donors (Lipinski definition) is 3. The highest BCUT2D eigenvalue weighted by Crippen LogP contribution is 2.22. The standard InChI is InChI=1S/C23H25ClN2O4/c1-16(29)26-23(14-27,15-28)11-10-17-2-6-19(7-3-17)21-13-30-22(25-21)12-18-4-8-20(24)9-5-18/h2-9,13,27-28H,10-12,14-15H2,1H3,(H,26,29). The fourth-order valence-electron chi connectivity index (χ4n) is 3.25. The first kappa shape index (κ1) is 22.0. The highest BCUT2D eigenvalue weighted by molar-refractivity contribution is 6.30. The molecule has 0 aliphatic rings. The second-order valence-corrected chi connectivity index (χ2v) is 7.84. The summed E-state index contributed by atoms with van der Waals surface area (Å²) >= 11 is 5.92. The van der Waals surface area contributed by atoms with Gasteiger partial charge in [0.25, 0.3) is 0 Å². The number of halogens is 1. The molecule has 0 atom stereocenters. The highest BCUT2D eigenvalue weighted by Gasteiger charge is 2.29. The summed E-state index contributed by atoms with van der Waals surface area (Å²) in [6.45, 7) is 0.723. The van der Waals surface area contributed by atoms with Crippen LogP contribution in [0.1, 0.15) is 30.4 Å². The van der Waals surface area contributed by atoms with Crippen LogP contribution >= 0.6 is 11.6 Å². The van der Waals surface area contributed by atoms with Crippen LogP contribution < -0.4 is 5.32 Å². The minimum atomic E-state index is -1.02. The molecule has 3 aromatic rings. The predicted octanol–water partition coefficient (Wildman–Crippen LogP) is 3.38. The van der Waals surface area contributed by atoms with E-state index in [4.69, 9.17) is 16.0 Å². The van der Waals surface area contributed by atoms with Crippen LogP contribution in [0.3, 0.4) is 0 Å². The quantitative estimate of drug-likeness (QED) is 0.485. The third-order valence-electron chi connectivity index (χ3n) is 5.01. The number of amides is 1. The Morgan fingerprint density at radius 2 is 1.70 bits per heavy atom. The molecule has 1 amide bonds. The van der Waals surface area contributed by atoms with Gasteiger partial charge in [-0.1, -0.05) is 48.0 Å². The van der Waals surface area contributed by atoms with Crippen molar-refractivity contribution < 1.29 is 19.4 Å². The molecular formula is C23H25ClN2O4. The van der Waals surface area contributed by atoms with E-state index < -0.39 is 5.54 Å². The van der Waals surface area contributed by atoms with Crippen molar-refractivity contribution in [1.29, 1.82) is 0 Å². The number of oxazole rings is 1. The molecule has 0 aliphatic carbocycles. The van der Waals surface area contributed by atoms with E-state index in [0.29, 0.717) is 30.2 Å². The smallest absolute Gasteiger partial charge is 0.217 e. The molecule has 7 heteroatoms. The predicted molar refractivity (Wildman–Crippen MR) is 115 cm³/mol. The fraction of sp³-hybridized carbons (Fsp3) is 0.304. The number of aliphatic hydroxyl groups excluding tert-OH is 2. The number of aromatic nitrogens is 1. The van der Waals surface area contributed by atoms with Crippen LogP contribution in [-0.2, 0) is 17.6 Å². The largest absolute Gasteiger partial charge is 0.448 e. The zero-order valence-corrected chi connectivity index (χ0v) is 17.5. The van der Waals surface area contributed by atoms with Gasteiger partial charge in [0.15, 0.2) is 5.89 Å². The molecule has 0 saturated heterocycles. The molecule has 0 fully saturated rings. The molecule has 0 saturated carbocycles. The van der Waals surface area contributed by atoms with E-state index in [1.165, 1.54) is 6.92 Å². The van der Waals surface area contributed by atoms with Gasteiger partial charge in [-0.05, 0) is 36.1 Å². The Labute approximate surface area is 180 Å². The van der Waals surface area contributed by atoms with Gasteiger partial charge in [0.1, 0.15) is 12.0 Å². The molecule has 0 bridgehead atoms. The summed E-state index contributed by atoms with van der Waals surface area (Å²) in [7, 11) is 0. The zero-order valence-electron chi connectivity index (χ0n) is 16.8. The SMILES string of the molecule is CC(=O)NC(CO)(CO)CCc1ccc(-c2coc(Cc3ccc(Cl)cc3)n2)cc1. The van der Waals surface area contributed by atoms with Crippen molar-refractivity contribution in [3.05, 3.63) is 76.8 Å². The van der Waals surface area contributed by atoms with E-state index in [9.17, 15) is 15.0 Å². The van der Waals surface area contributed by atoms with Crippen LogP contribution in [0.15, 0.2) is 59.2 Å². The molecule has 1 heterocycles. The number of nitrogens with one attached hydrogen (secondary N) is 1. The maximum atomic E-state index is 11.4. The number of carbonyl (C=O) groups is 1. The van der Waals surface area contributed by atoms with Gasteiger partial charge in [0.2, 0.25) is 5.91 Å². The molecule has 158 valence electrons. The highest BCUT2D eigenvalue weighted by atomic mass is 35.5. The van der Waals surface area contributed by atoms with E-state index in [0.717, 1.165) is 22.4 Å². The van der Waals surface area contributed by atoms with E-state index in [-0.39, 0.29) is 19.1 Å². The van der Waals surface area contributed by atoms with Crippen molar-refractivity contribution in [2.45, 2.75) is 31.7 Å². The number of nitrogens with zero attached hydrogens (tertiary/aromatic N) is 1. The summed E-state index contributed by atoms with van der Waals surface area (Å²) in [4.78, 5) is 15.9. The number of aliphatic hydroxyl groups is 2. The van der Waals surface area contributed by atoms with Gasteiger partial charge in [-0.25, -0.2) is 4.98 Å². The van der Waals surface area contributed by atoms with Gasteiger partial charge in [0, 0.05) is 23.9 Å². The number of rotatable bonds is 9. The average Bonchev–Trinajstić information content (AvgIpc) is 3.21. The third-order valence-corrected chi connectivity index (χ3v) is 5.26. The molecule has 0 spiro atoms. The maximum Gasteiger partial charge on any atom is 0.217 e. The summed E-state index contributed by atoms with van der Waals surface area (Å²) in [5.74, 6) is 0.344. The first-order chi connectivity index (χ1) is 14.4. The topological polar surface area (TPSA) is 95.6 Å². The lowest BCUT2D eigenvalue weighted by atomic mass is 9.92. The van der Waals surface area contributed by atoms with Crippen LogP contribution in [-0.4, -0.2) is 39.9 Å². The van der Waals surface area contributed by atoms with Crippen LogP contribution in [0.5, 0.6) is 0 Å². The van der Waals surface area contributed by atoms with E-state index in [1.54, 1.807) is 6.26 Å². The van der Waals surface area contributed by atoms with Crippen molar-refractivity contribution in [1.82, 2.24) is 10.3 Å². The minimum Gasteiger partial charge on any atom is -0.448 e. The minimum absolute atomic E-state index is 0.283. The molecule has 2 aromatic carbocycles. The first-order valence-corrected chi connectivity index (χ1v) is 10.1. The summed E-state index contributed by atoms with van der Waals surface area (Å²) in [6.07, 6.45) is 3.25. The molecule has 0 aliphatic heterocycles. The van der Waals surface area contributed by atoms with E-state index in [2.05, 4.69) is 10.3 Å². The first-order valence-electron chi connectivity index (χ1n) is 9.72. The Balaban J connectivity index is 1.63. The van der Waals surface area contributed by atoms with E-state index in [1.807, 2.05) is 48.5 Å². The van der Waals surface area contributed by atoms with Crippen molar-refractivity contribution >= 4 is 17.5 Å². The van der Waals surface area contributed by atoms with Crippen LogP contribution in [0.2, 0.25) is 5.02 Å². The lowest BCUT2D eigenvalue weighted by molar-refractivity contribution is -0.122. The summed E-state index contributed by atoms with van der Waals surface area (Å²) < 4.78 is 5.60. The Hall–Kier alpha value is -2.67. The monoisotopic (exact) mass is 428 g/mol. The third kappa shape index (κ3) is 5.69. The van der Waals surface area contributed by atoms with Gasteiger partial charge >= 0.3 is 0 Å². The lowest BCUT2D eigenvalue weighted by Gasteiger charge is -2.30. The van der Waals surface area contributed by atoms with Crippen molar-refractivity contribution in [2.24, 2.45) is 0 Å². The summed E-state index contributed by atoms with van der Waals surface area (Å²) in [5, 5.41) is 22.6. The van der Waals surface area contributed by atoms with Crippen LogP contribution in [0, 0.1) is 0 Å². The van der Waals surface area contributed by atoms with Gasteiger partial charge < -0.3 is 19.9 Å². The Morgan fingerprint density at radius 1 is 1.07 bits per heavy atom. The van der Waals surface area contributed by atoms with Gasteiger partial charge in [-0.3, -0.25) is 4.79 Å². The Kier molecular flexibility index (Phi) is 7.26. The fourth-order valence-corrected chi connectivity index (χ4v) is 3.38. The molecule has 0 radical (unpaired) electrons. The molecular weight excluding hydrogens is 404 g/mol. The molecule has 3 rings (SSSR count). The van der Waals surface area contributed by atoms with Crippen LogP contribution in [0.25, 0.3) is 11.3 Å². The average molecular weight is 429 g/mol. The summed E-state index contributed by atoms with van der Waals surface area (Å²) in [5.41, 5.74) is 2.76. The lowest BCUT2D eigenvalue weighted by Crippen LogP contribution is -2.53.